The Labute approximate surface area is 110 Å². The third kappa shape index (κ3) is 4.57. The van der Waals surface area contributed by atoms with Gasteiger partial charge < -0.3 is 10.1 Å². The molecule has 1 aliphatic rings. The van der Waals surface area contributed by atoms with E-state index in [1.807, 2.05) is 13.0 Å². The molecule has 2 rings (SSSR count). The van der Waals surface area contributed by atoms with E-state index >= 15 is 0 Å². The Kier molecular flexibility index (Phi) is 6.38. The molecule has 1 N–H and O–H groups in total. The first-order chi connectivity index (χ1) is 7.88. The molecule has 0 bridgehead atoms. The maximum atomic E-state index is 5.52. The van der Waals surface area contributed by atoms with Crippen LogP contribution >= 0.6 is 12.4 Å². The predicted octanol–water partition coefficient (Wildman–Crippen LogP) is 3.19. The van der Waals surface area contributed by atoms with E-state index in [-0.39, 0.29) is 12.4 Å². The van der Waals surface area contributed by atoms with Crippen molar-refractivity contribution in [2.45, 2.75) is 38.6 Å². The van der Waals surface area contributed by atoms with E-state index in [0.717, 1.165) is 18.8 Å². The smallest absolute Gasteiger partial charge is 0.119 e. The Bertz CT molecular complexity index is 324. The molecule has 0 radical (unpaired) electrons. The lowest BCUT2D eigenvalue weighted by molar-refractivity contribution is 0.339. The van der Waals surface area contributed by atoms with Gasteiger partial charge in [-0.1, -0.05) is 18.6 Å². The molecule has 1 unspecified atom stereocenters. The second-order valence-electron chi connectivity index (χ2n) is 4.43. The number of piperidine rings is 1. The maximum absolute atomic E-state index is 5.52. The molecule has 1 aromatic rings. The number of halogens is 1. The number of benzene rings is 1. The molecule has 1 aliphatic heterocycles. The van der Waals surface area contributed by atoms with E-state index in [9.17, 15) is 0 Å². The Morgan fingerprint density at radius 1 is 1.35 bits per heavy atom. The van der Waals surface area contributed by atoms with Crippen LogP contribution in [-0.4, -0.2) is 19.2 Å². The quantitative estimate of drug-likeness (QED) is 0.892. The molecule has 1 heterocycles. The number of nitrogens with one attached hydrogen (secondary N) is 1. The molecule has 1 aromatic carbocycles. The van der Waals surface area contributed by atoms with Crippen LogP contribution in [0.4, 0.5) is 0 Å². The molecule has 0 aromatic heterocycles. The summed E-state index contributed by atoms with van der Waals surface area (Å²) in [6.45, 7) is 3.94. The Balaban J connectivity index is 0.00000144. The minimum atomic E-state index is 0. The van der Waals surface area contributed by atoms with E-state index in [4.69, 9.17) is 4.74 Å². The van der Waals surface area contributed by atoms with E-state index in [1.54, 1.807) is 0 Å². The summed E-state index contributed by atoms with van der Waals surface area (Å²) in [6, 6.07) is 9.13. The fraction of sp³-hybridized carbons (Fsp3) is 0.571. The highest BCUT2D eigenvalue weighted by molar-refractivity contribution is 5.85. The van der Waals surface area contributed by atoms with Gasteiger partial charge in [-0.2, -0.15) is 0 Å². The normalized spacial score (nSPS) is 19.5. The number of ether oxygens (including phenoxy) is 1. The van der Waals surface area contributed by atoms with Crippen molar-refractivity contribution < 1.29 is 4.74 Å². The lowest BCUT2D eigenvalue weighted by Gasteiger charge is -2.23. The van der Waals surface area contributed by atoms with Gasteiger partial charge in [-0.25, -0.2) is 0 Å². The van der Waals surface area contributed by atoms with Crippen molar-refractivity contribution in [1.29, 1.82) is 0 Å². The van der Waals surface area contributed by atoms with Gasteiger partial charge in [0.2, 0.25) is 0 Å². The third-order valence-corrected chi connectivity index (χ3v) is 3.10. The van der Waals surface area contributed by atoms with Crippen LogP contribution < -0.4 is 10.1 Å². The van der Waals surface area contributed by atoms with Crippen LogP contribution in [0.5, 0.6) is 5.75 Å². The highest BCUT2D eigenvalue weighted by Gasteiger charge is 2.12. The van der Waals surface area contributed by atoms with Gasteiger partial charge in [-0.05, 0) is 50.4 Å². The molecule has 1 atom stereocenters. The average Bonchev–Trinajstić information content (AvgIpc) is 2.31. The standard InChI is InChI=1S/C14H21NO.ClH/c1-2-16-14-8-5-6-12(11-14)10-13-7-3-4-9-15-13;/h5-6,8,11,13,15H,2-4,7,9-10H2,1H3;1H. The zero-order valence-corrected chi connectivity index (χ0v) is 11.3. The summed E-state index contributed by atoms with van der Waals surface area (Å²) in [4.78, 5) is 0. The molecule has 3 heteroatoms. The average molecular weight is 256 g/mol. The van der Waals surface area contributed by atoms with Gasteiger partial charge in [0.1, 0.15) is 5.75 Å². The van der Waals surface area contributed by atoms with Gasteiger partial charge in [0.15, 0.2) is 0 Å². The Hall–Kier alpha value is -0.730. The van der Waals surface area contributed by atoms with E-state index in [2.05, 4.69) is 23.5 Å². The molecule has 0 saturated carbocycles. The number of hydrogen-bond donors (Lipinski definition) is 1. The Morgan fingerprint density at radius 2 is 2.24 bits per heavy atom. The minimum Gasteiger partial charge on any atom is -0.494 e. The highest BCUT2D eigenvalue weighted by atomic mass is 35.5. The lowest BCUT2D eigenvalue weighted by Crippen LogP contribution is -2.35. The lowest BCUT2D eigenvalue weighted by atomic mass is 9.98. The molecule has 1 saturated heterocycles. The van der Waals surface area contributed by atoms with Crippen LogP contribution in [0.1, 0.15) is 31.7 Å². The SMILES string of the molecule is CCOc1cccc(CC2CCCCN2)c1.Cl. The molecular formula is C14H22ClNO. The van der Waals surface area contributed by atoms with Crippen molar-refractivity contribution in [3.8, 4) is 5.75 Å². The molecule has 2 nitrogen and oxygen atoms in total. The van der Waals surface area contributed by atoms with Crippen LogP contribution in [0.2, 0.25) is 0 Å². The minimum absolute atomic E-state index is 0. The predicted molar refractivity (Wildman–Crippen MR) is 74.2 cm³/mol. The zero-order valence-electron chi connectivity index (χ0n) is 10.4. The first kappa shape index (κ1) is 14.3. The van der Waals surface area contributed by atoms with Crippen molar-refractivity contribution in [2.75, 3.05) is 13.2 Å². The van der Waals surface area contributed by atoms with E-state index in [1.165, 1.54) is 31.4 Å². The summed E-state index contributed by atoms with van der Waals surface area (Å²) < 4.78 is 5.52. The van der Waals surface area contributed by atoms with Gasteiger partial charge in [-0.15, -0.1) is 12.4 Å². The molecule has 17 heavy (non-hydrogen) atoms. The zero-order chi connectivity index (χ0) is 11.2. The molecular weight excluding hydrogens is 234 g/mol. The fourth-order valence-electron chi connectivity index (χ4n) is 2.31. The van der Waals surface area contributed by atoms with Crippen molar-refractivity contribution in [3.63, 3.8) is 0 Å². The van der Waals surface area contributed by atoms with Gasteiger partial charge >= 0.3 is 0 Å². The van der Waals surface area contributed by atoms with Crippen LogP contribution in [-0.2, 0) is 6.42 Å². The topological polar surface area (TPSA) is 21.3 Å². The van der Waals surface area contributed by atoms with Crippen molar-refractivity contribution >= 4 is 12.4 Å². The summed E-state index contributed by atoms with van der Waals surface area (Å²) in [5, 5.41) is 3.58. The summed E-state index contributed by atoms with van der Waals surface area (Å²) in [5.74, 6) is 0.996. The van der Waals surface area contributed by atoms with Crippen LogP contribution in [0.3, 0.4) is 0 Å². The van der Waals surface area contributed by atoms with Gasteiger partial charge in [-0.3, -0.25) is 0 Å². The van der Waals surface area contributed by atoms with Gasteiger partial charge in [0.05, 0.1) is 6.61 Å². The molecule has 0 amide bonds. The maximum Gasteiger partial charge on any atom is 0.119 e. The monoisotopic (exact) mass is 255 g/mol. The number of hydrogen-bond acceptors (Lipinski definition) is 2. The van der Waals surface area contributed by atoms with Crippen molar-refractivity contribution in [2.24, 2.45) is 0 Å². The molecule has 96 valence electrons. The third-order valence-electron chi connectivity index (χ3n) is 3.10. The fourth-order valence-corrected chi connectivity index (χ4v) is 2.31. The van der Waals surface area contributed by atoms with Gasteiger partial charge in [0, 0.05) is 6.04 Å². The second kappa shape index (κ2) is 7.57. The van der Waals surface area contributed by atoms with E-state index < -0.39 is 0 Å². The first-order valence-electron chi connectivity index (χ1n) is 6.33. The first-order valence-corrected chi connectivity index (χ1v) is 6.33. The summed E-state index contributed by atoms with van der Waals surface area (Å²) in [6.07, 6.45) is 5.12. The summed E-state index contributed by atoms with van der Waals surface area (Å²) >= 11 is 0. The van der Waals surface area contributed by atoms with E-state index in [0.29, 0.717) is 6.04 Å². The van der Waals surface area contributed by atoms with Crippen LogP contribution in [0, 0.1) is 0 Å². The summed E-state index contributed by atoms with van der Waals surface area (Å²) in [7, 11) is 0. The van der Waals surface area contributed by atoms with Crippen molar-refractivity contribution in [1.82, 2.24) is 5.32 Å². The largest absolute Gasteiger partial charge is 0.494 e. The number of rotatable bonds is 4. The van der Waals surface area contributed by atoms with Crippen LogP contribution in [0.25, 0.3) is 0 Å². The van der Waals surface area contributed by atoms with Crippen molar-refractivity contribution in [3.05, 3.63) is 29.8 Å². The second-order valence-corrected chi connectivity index (χ2v) is 4.43. The van der Waals surface area contributed by atoms with Crippen LogP contribution in [0.15, 0.2) is 24.3 Å². The van der Waals surface area contributed by atoms with Gasteiger partial charge in [0.25, 0.3) is 0 Å². The molecule has 1 fully saturated rings. The Morgan fingerprint density at radius 3 is 2.94 bits per heavy atom. The molecule has 0 aliphatic carbocycles. The summed E-state index contributed by atoms with van der Waals surface area (Å²) in [5.41, 5.74) is 1.38. The molecule has 0 spiro atoms. The highest BCUT2D eigenvalue weighted by Crippen LogP contribution is 2.17.